The molecule has 11 aromatic carbocycles. The molecule has 19 rings (SSSR count). The van der Waals surface area contributed by atoms with E-state index >= 15 is 0 Å². The third-order valence-electron chi connectivity index (χ3n) is 21.4. The SMILES string of the molecule is CC1(C)c2ccccc2-c2c1ccc1c3ccccc3n(-c3ccc(-c4nc(C5=CC(n6c7ccccc7c7ccc8c(c76)-c6ccccc6C8(C)C)CC=C5)cc(-c5cccc(-n6c7ccccc7c7ccc8c(c76)-c6ccccc6C8(C)C)c5)n4)cc3)c21. The van der Waals surface area contributed by atoms with Crippen molar-refractivity contribution in [1.82, 2.24) is 23.7 Å². The minimum absolute atomic E-state index is 0.0107. The Labute approximate surface area is 523 Å². The normalized spacial score (nSPS) is 16.2. The van der Waals surface area contributed by atoms with Gasteiger partial charge in [-0.3, -0.25) is 0 Å². The summed E-state index contributed by atoms with van der Waals surface area (Å²) in [7, 11) is 0. The third kappa shape index (κ3) is 6.87. The number of nitrogens with zero attached hydrogens (tertiary/aromatic N) is 5. The lowest BCUT2D eigenvalue weighted by Crippen LogP contribution is -2.15. The Bertz CT molecular complexity index is 5730. The molecule has 4 aliphatic rings. The van der Waals surface area contributed by atoms with E-state index in [0.717, 1.165) is 45.9 Å². The van der Waals surface area contributed by atoms with E-state index in [4.69, 9.17) is 9.97 Å². The molecule has 0 spiro atoms. The summed E-state index contributed by atoms with van der Waals surface area (Å²) in [6, 6.07) is 88.4. The van der Waals surface area contributed by atoms with Crippen molar-refractivity contribution in [2.75, 3.05) is 0 Å². The van der Waals surface area contributed by atoms with Crippen LogP contribution in [0.3, 0.4) is 0 Å². The highest BCUT2D eigenvalue weighted by Crippen LogP contribution is 2.57. The van der Waals surface area contributed by atoms with Gasteiger partial charge in [-0.25, -0.2) is 9.97 Å². The minimum atomic E-state index is -0.146. The number of rotatable bonds is 6. The average Bonchev–Trinajstić information content (AvgIpc) is 1.57. The monoisotopic (exact) mass is 1150 g/mol. The lowest BCUT2D eigenvalue weighted by Gasteiger charge is -2.23. The zero-order valence-electron chi connectivity index (χ0n) is 51.3. The molecule has 428 valence electrons. The standard InChI is InChI=1S/C85H63N5/c1-83(2)65-31-13-7-28-62(65)76-68(83)44-41-59-56-25-10-16-34-73(56)88(79(59)76)53-39-37-50(38-40-53)82-86-71(51-21-19-23-54(47-51)89-74-35-17-11-26-57(74)60-42-45-69-77(80(60)89)63-29-8-14-32-66(63)84(69,3)4)49-72(87-82)52-22-20-24-55(48-52)90-75-36-18-12-27-58(75)61-43-46-70-78(81(61)90)64-30-9-15-33-67(64)85(70,5)6/h7-23,25-49,55H,24H2,1-6H3. The molecule has 0 aliphatic heterocycles. The zero-order valence-corrected chi connectivity index (χ0v) is 51.3. The van der Waals surface area contributed by atoms with E-state index in [0.29, 0.717) is 5.82 Å². The van der Waals surface area contributed by atoms with Gasteiger partial charge in [-0.15, -0.1) is 0 Å². The van der Waals surface area contributed by atoms with Crippen molar-refractivity contribution >= 4 is 71.0 Å². The predicted molar refractivity (Wildman–Crippen MR) is 374 cm³/mol. The van der Waals surface area contributed by atoms with E-state index in [1.54, 1.807) is 0 Å². The molecule has 90 heavy (non-hydrogen) atoms. The molecular formula is C85H63N5. The summed E-state index contributed by atoms with van der Waals surface area (Å²) in [5.74, 6) is 0.678. The number of benzene rings is 11. The second kappa shape index (κ2) is 18.2. The first kappa shape index (κ1) is 51.4. The first-order valence-electron chi connectivity index (χ1n) is 31.9. The van der Waals surface area contributed by atoms with Crippen LogP contribution in [0.25, 0.3) is 138 Å². The Kier molecular flexibility index (Phi) is 10.4. The predicted octanol–water partition coefficient (Wildman–Crippen LogP) is 21.6. The molecule has 0 saturated carbocycles. The fourth-order valence-electron chi connectivity index (χ4n) is 17.1. The number of para-hydroxylation sites is 3. The maximum Gasteiger partial charge on any atom is 0.160 e. The van der Waals surface area contributed by atoms with Crippen molar-refractivity contribution < 1.29 is 0 Å². The Balaban J connectivity index is 0.809. The molecule has 1 unspecified atom stereocenters. The molecule has 0 radical (unpaired) electrons. The van der Waals surface area contributed by atoms with Crippen LogP contribution in [0, 0.1) is 0 Å². The lowest BCUT2D eigenvalue weighted by atomic mass is 9.82. The van der Waals surface area contributed by atoms with Crippen LogP contribution < -0.4 is 0 Å². The number of hydrogen-bond acceptors (Lipinski definition) is 2. The molecule has 0 amide bonds. The van der Waals surface area contributed by atoms with Gasteiger partial charge in [-0.2, -0.15) is 0 Å². The van der Waals surface area contributed by atoms with Gasteiger partial charge in [0.25, 0.3) is 0 Å². The molecule has 1 atom stereocenters. The molecule has 15 aromatic rings. The number of hydrogen-bond donors (Lipinski definition) is 0. The first-order valence-corrected chi connectivity index (χ1v) is 31.9. The molecule has 4 heterocycles. The maximum absolute atomic E-state index is 5.66. The average molecular weight is 1150 g/mol. The van der Waals surface area contributed by atoms with E-state index in [1.165, 1.54) is 132 Å². The third-order valence-corrected chi connectivity index (χ3v) is 21.4. The molecule has 4 aromatic heterocycles. The summed E-state index contributed by atoms with van der Waals surface area (Å²) < 4.78 is 7.64. The summed E-state index contributed by atoms with van der Waals surface area (Å²) in [6.45, 7) is 14.3. The van der Waals surface area contributed by atoms with Gasteiger partial charge >= 0.3 is 0 Å². The highest BCUT2D eigenvalue weighted by atomic mass is 15.0. The van der Waals surface area contributed by atoms with Crippen molar-refractivity contribution in [3.05, 3.63) is 294 Å². The van der Waals surface area contributed by atoms with Crippen molar-refractivity contribution in [3.63, 3.8) is 0 Å². The number of aromatic nitrogens is 5. The van der Waals surface area contributed by atoms with Gasteiger partial charge in [0, 0.05) is 93.3 Å². The van der Waals surface area contributed by atoms with Gasteiger partial charge in [0.15, 0.2) is 5.82 Å². The summed E-state index contributed by atoms with van der Waals surface area (Å²) in [5, 5.41) is 7.56. The van der Waals surface area contributed by atoms with Crippen molar-refractivity contribution in [2.24, 2.45) is 0 Å². The van der Waals surface area contributed by atoms with Crippen LogP contribution >= 0.6 is 0 Å². The first-order chi connectivity index (χ1) is 43.9. The van der Waals surface area contributed by atoms with Gasteiger partial charge in [0.1, 0.15) is 0 Å². The smallest absolute Gasteiger partial charge is 0.160 e. The molecule has 0 N–H and O–H groups in total. The van der Waals surface area contributed by atoms with Crippen LogP contribution in [0.2, 0.25) is 0 Å². The molecule has 0 fully saturated rings. The zero-order chi connectivity index (χ0) is 60.1. The van der Waals surface area contributed by atoms with Crippen molar-refractivity contribution in [3.8, 4) is 67.4 Å². The molecule has 5 nitrogen and oxygen atoms in total. The molecule has 5 heteroatoms. The van der Waals surface area contributed by atoms with Crippen molar-refractivity contribution in [2.45, 2.75) is 70.3 Å². The van der Waals surface area contributed by atoms with Crippen LogP contribution in [0.4, 0.5) is 0 Å². The van der Waals surface area contributed by atoms with Crippen molar-refractivity contribution in [1.29, 1.82) is 0 Å². The molecule has 4 aliphatic carbocycles. The summed E-state index contributed by atoms with van der Waals surface area (Å²) in [6.07, 6.45) is 7.98. The van der Waals surface area contributed by atoms with Gasteiger partial charge in [0.05, 0.1) is 45.0 Å². The lowest BCUT2D eigenvalue weighted by molar-refractivity contribution is 0.647. The van der Waals surface area contributed by atoms with Gasteiger partial charge < -0.3 is 13.7 Å². The van der Waals surface area contributed by atoms with E-state index in [9.17, 15) is 0 Å². The van der Waals surface area contributed by atoms with E-state index in [-0.39, 0.29) is 22.3 Å². The second-order valence-electron chi connectivity index (χ2n) is 27.1. The van der Waals surface area contributed by atoms with Crippen LogP contribution in [0.1, 0.15) is 93.1 Å². The topological polar surface area (TPSA) is 40.6 Å². The van der Waals surface area contributed by atoms with E-state index < -0.39 is 0 Å². The number of fused-ring (bicyclic) bond motifs is 21. The Morgan fingerprint density at radius 2 is 0.811 bits per heavy atom. The highest BCUT2D eigenvalue weighted by Gasteiger charge is 2.41. The maximum atomic E-state index is 5.66. The summed E-state index contributed by atoms with van der Waals surface area (Å²) >= 11 is 0. The minimum Gasteiger partial charge on any atom is -0.333 e. The van der Waals surface area contributed by atoms with E-state index in [1.807, 2.05) is 0 Å². The van der Waals surface area contributed by atoms with E-state index in [2.05, 4.69) is 310 Å². The number of allylic oxidation sites excluding steroid dienone is 4. The van der Waals surface area contributed by atoms with Crippen LogP contribution in [0.15, 0.2) is 255 Å². The second-order valence-corrected chi connectivity index (χ2v) is 27.1. The van der Waals surface area contributed by atoms with Gasteiger partial charge in [-0.1, -0.05) is 236 Å². The molecular weight excluding hydrogens is 1090 g/mol. The summed E-state index contributed by atoms with van der Waals surface area (Å²) in [5.41, 5.74) is 30.1. The highest BCUT2D eigenvalue weighted by molar-refractivity contribution is 6.18. The van der Waals surface area contributed by atoms with Crippen LogP contribution in [0.5, 0.6) is 0 Å². The fourth-order valence-corrected chi connectivity index (χ4v) is 17.1. The largest absolute Gasteiger partial charge is 0.333 e. The Morgan fingerprint density at radius 1 is 0.356 bits per heavy atom. The molecule has 0 saturated heterocycles. The quantitative estimate of drug-likeness (QED) is 0.166. The Morgan fingerprint density at radius 3 is 1.37 bits per heavy atom. The van der Waals surface area contributed by atoms with Crippen LogP contribution in [-0.2, 0) is 16.2 Å². The van der Waals surface area contributed by atoms with Gasteiger partial charge in [-0.05, 0) is 123 Å². The Hall–Kier alpha value is -10.6. The molecule has 0 bridgehead atoms. The summed E-state index contributed by atoms with van der Waals surface area (Å²) in [4.78, 5) is 11.3. The van der Waals surface area contributed by atoms with Gasteiger partial charge in [0.2, 0.25) is 0 Å². The fraction of sp³-hybridized carbons (Fsp3) is 0.129. The van der Waals surface area contributed by atoms with Crippen LogP contribution in [-0.4, -0.2) is 23.7 Å².